The van der Waals surface area contributed by atoms with Gasteiger partial charge in [-0.2, -0.15) is 0 Å². The minimum absolute atomic E-state index is 0.0174. The van der Waals surface area contributed by atoms with Gasteiger partial charge in [-0.15, -0.1) is 0 Å². The minimum Gasteiger partial charge on any atom is -0.394 e. The number of carbonyl (C=O) groups is 1. The van der Waals surface area contributed by atoms with E-state index in [0.717, 1.165) is 12.8 Å². The number of carbonyl (C=O) groups excluding carboxylic acids is 1. The van der Waals surface area contributed by atoms with Crippen LogP contribution in [0.3, 0.4) is 0 Å². The van der Waals surface area contributed by atoms with Crippen molar-refractivity contribution in [2.45, 2.75) is 84.1 Å². The first-order valence-corrected chi connectivity index (χ1v) is 7.61. The third-order valence-electron chi connectivity index (χ3n) is 3.19. The molecule has 0 bridgehead atoms. The summed E-state index contributed by atoms with van der Waals surface area (Å²) in [5.41, 5.74) is 0. The molecule has 0 fully saturated rings. The minimum atomic E-state index is -0.115. The maximum atomic E-state index is 11.4. The molecule has 3 heteroatoms. The van der Waals surface area contributed by atoms with Gasteiger partial charge >= 0.3 is 0 Å². The Kier molecular flexibility index (Phi) is 12.5. The van der Waals surface area contributed by atoms with Crippen molar-refractivity contribution in [3.63, 3.8) is 0 Å². The largest absolute Gasteiger partial charge is 0.394 e. The van der Waals surface area contributed by atoms with E-state index in [2.05, 4.69) is 12.2 Å². The van der Waals surface area contributed by atoms with E-state index in [1.807, 2.05) is 6.92 Å². The molecule has 2 N–H and O–H groups in total. The van der Waals surface area contributed by atoms with Gasteiger partial charge in [-0.25, -0.2) is 0 Å². The lowest BCUT2D eigenvalue weighted by atomic mass is 10.1. The fourth-order valence-corrected chi connectivity index (χ4v) is 1.99. The van der Waals surface area contributed by atoms with Gasteiger partial charge in [0, 0.05) is 12.5 Å². The molecule has 1 atom stereocenters. The molecule has 0 rings (SSSR count). The van der Waals surface area contributed by atoms with Gasteiger partial charge in [-0.05, 0) is 13.3 Å². The van der Waals surface area contributed by atoms with Gasteiger partial charge in [0.25, 0.3) is 0 Å². The van der Waals surface area contributed by atoms with Crippen LogP contribution in [0.5, 0.6) is 0 Å². The van der Waals surface area contributed by atoms with E-state index in [1.54, 1.807) is 0 Å². The average Bonchev–Trinajstić information content (AvgIpc) is 2.36. The molecule has 108 valence electrons. The van der Waals surface area contributed by atoms with Gasteiger partial charge < -0.3 is 10.4 Å². The highest BCUT2D eigenvalue weighted by Gasteiger charge is 2.05. The van der Waals surface area contributed by atoms with Crippen LogP contribution in [-0.2, 0) is 4.79 Å². The molecular formula is C15H31NO2. The molecule has 0 radical (unpaired) electrons. The van der Waals surface area contributed by atoms with E-state index in [0.29, 0.717) is 6.42 Å². The monoisotopic (exact) mass is 257 g/mol. The van der Waals surface area contributed by atoms with Crippen molar-refractivity contribution in [3.8, 4) is 0 Å². The number of rotatable bonds is 12. The molecule has 0 saturated heterocycles. The molecule has 18 heavy (non-hydrogen) atoms. The van der Waals surface area contributed by atoms with Gasteiger partial charge in [0.1, 0.15) is 0 Å². The molecule has 0 saturated carbocycles. The quantitative estimate of drug-likeness (QED) is 0.526. The van der Waals surface area contributed by atoms with E-state index in [9.17, 15) is 4.79 Å². The number of hydrogen-bond acceptors (Lipinski definition) is 2. The van der Waals surface area contributed by atoms with Gasteiger partial charge in [0.2, 0.25) is 5.91 Å². The summed E-state index contributed by atoms with van der Waals surface area (Å²) in [4.78, 5) is 11.4. The molecule has 0 aromatic carbocycles. The van der Waals surface area contributed by atoms with Gasteiger partial charge in [-0.1, -0.05) is 58.3 Å². The van der Waals surface area contributed by atoms with Gasteiger partial charge in [-0.3, -0.25) is 4.79 Å². The predicted molar refractivity (Wildman–Crippen MR) is 76.5 cm³/mol. The first-order chi connectivity index (χ1) is 8.70. The van der Waals surface area contributed by atoms with Crippen LogP contribution in [0.4, 0.5) is 0 Å². The summed E-state index contributed by atoms with van der Waals surface area (Å²) in [6, 6.07) is -0.115. The Hall–Kier alpha value is -0.570. The summed E-state index contributed by atoms with van der Waals surface area (Å²) >= 11 is 0. The second-order valence-corrected chi connectivity index (χ2v) is 5.23. The third kappa shape index (κ3) is 11.9. The van der Waals surface area contributed by atoms with E-state index in [4.69, 9.17) is 5.11 Å². The molecule has 0 aliphatic carbocycles. The number of amides is 1. The molecule has 0 aromatic heterocycles. The molecule has 0 spiro atoms. The molecule has 1 amide bonds. The van der Waals surface area contributed by atoms with Crippen LogP contribution >= 0.6 is 0 Å². The highest BCUT2D eigenvalue weighted by Crippen LogP contribution is 2.10. The fourth-order valence-electron chi connectivity index (χ4n) is 1.99. The van der Waals surface area contributed by atoms with Crippen LogP contribution < -0.4 is 5.32 Å². The Labute approximate surface area is 112 Å². The van der Waals surface area contributed by atoms with Crippen LogP contribution in [0.15, 0.2) is 0 Å². The number of aliphatic hydroxyl groups excluding tert-OH is 1. The summed E-state index contributed by atoms with van der Waals surface area (Å²) < 4.78 is 0. The van der Waals surface area contributed by atoms with Crippen LogP contribution in [0.1, 0.15) is 78.1 Å². The summed E-state index contributed by atoms with van der Waals surface area (Å²) in [5.74, 6) is 0.0690. The van der Waals surface area contributed by atoms with Gasteiger partial charge in [0.15, 0.2) is 0 Å². The van der Waals surface area contributed by atoms with Crippen molar-refractivity contribution in [2.75, 3.05) is 6.61 Å². The Morgan fingerprint density at radius 1 is 1.00 bits per heavy atom. The Morgan fingerprint density at radius 2 is 1.50 bits per heavy atom. The van der Waals surface area contributed by atoms with E-state index >= 15 is 0 Å². The topological polar surface area (TPSA) is 49.3 Å². The van der Waals surface area contributed by atoms with Crippen LogP contribution in [0.25, 0.3) is 0 Å². The standard InChI is InChI=1S/C15H31NO2/c1-3-4-5-6-7-8-9-10-11-12-15(18)16-14(2)13-17/h14,17H,3-13H2,1-2H3,(H,16,18)/t14-/m1/s1. The molecule has 0 heterocycles. The van der Waals surface area contributed by atoms with Crippen molar-refractivity contribution >= 4 is 5.91 Å². The number of unbranched alkanes of at least 4 members (excludes halogenated alkanes) is 8. The number of nitrogens with one attached hydrogen (secondary N) is 1. The molecular weight excluding hydrogens is 226 g/mol. The molecule has 0 aromatic rings. The van der Waals surface area contributed by atoms with E-state index in [-0.39, 0.29) is 18.6 Å². The Balaban J connectivity index is 3.17. The first kappa shape index (κ1) is 17.4. The average molecular weight is 257 g/mol. The summed E-state index contributed by atoms with van der Waals surface area (Å²) in [6.45, 7) is 4.07. The SMILES string of the molecule is CCCCCCCCCCCC(=O)N[C@H](C)CO. The normalized spacial score (nSPS) is 12.4. The summed E-state index contributed by atoms with van der Waals surface area (Å²) in [6.07, 6.45) is 12.0. The summed E-state index contributed by atoms with van der Waals surface area (Å²) in [5, 5.41) is 11.6. The fraction of sp³-hybridized carbons (Fsp3) is 0.933. The van der Waals surface area contributed by atoms with Crippen molar-refractivity contribution in [1.29, 1.82) is 0 Å². The second kappa shape index (κ2) is 12.9. The maximum Gasteiger partial charge on any atom is 0.220 e. The lowest BCUT2D eigenvalue weighted by Gasteiger charge is -2.10. The molecule has 0 aliphatic heterocycles. The highest BCUT2D eigenvalue weighted by atomic mass is 16.3. The zero-order chi connectivity index (χ0) is 13.6. The lowest BCUT2D eigenvalue weighted by Crippen LogP contribution is -2.34. The van der Waals surface area contributed by atoms with Crippen LogP contribution in [0, 0.1) is 0 Å². The first-order valence-electron chi connectivity index (χ1n) is 7.61. The highest BCUT2D eigenvalue weighted by molar-refractivity contribution is 5.76. The van der Waals surface area contributed by atoms with E-state index in [1.165, 1.54) is 44.9 Å². The summed E-state index contributed by atoms with van der Waals surface area (Å²) in [7, 11) is 0. The van der Waals surface area contributed by atoms with Crippen molar-refractivity contribution in [2.24, 2.45) is 0 Å². The number of aliphatic hydroxyl groups is 1. The molecule has 3 nitrogen and oxygen atoms in total. The predicted octanol–water partition coefficient (Wildman–Crippen LogP) is 3.40. The van der Waals surface area contributed by atoms with Crippen molar-refractivity contribution in [3.05, 3.63) is 0 Å². The van der Waals surface area contributed by atoms with E-state index < -0.39 is 0 Å². The Bertz CT molecular complexity index is 195. The molecule has 0 aliphatic rings. The van der Waals surface area contributed by atoms with Crippen LogP contribution in [0.2, 0.25) is 0 Å². The Morgan fingerprint density at radius 3 is 2.00 bits per heavy atom. The zero-order valence-corrected chi connectivity index (χ0v) is 12.2. The number of hydrogen-bond donors (Lipinski definition) is 2. The van der Waals surface area contributed by atoms with Crippen molar-refractivity contribution < 1.29 is 9.90 Å². The molecule has 0 unspecified atom stereocenters. The third-order valence-corrected chi connectivity index (χ3v) is 3.19. The van der Waals surface area contributed by atoms with Gasteiger partial charge in [0.05, 0.1) is 6.61 Å². The van der Waals surface area contributed by atoms with Crippen LogP contribution in [-0.4, -0.2) is 23.7 Å². The zero-order valence-electron chi connectivity index (χ0n) is 12.2. The smallest absolute Gasteiger partial charge is 0.220 e. The second-order valence-electron chi connectivity index (χ2n) is 5.23. The maximum absolute atomic E-state index is 11.4. The lowest BCUT2D eigenvalue weighted by molar-refractivity contribution is -0.122. The van der Waals surface area contributed by atoms with Crippen molar-refractivity contribution in [1.82, 2.24) is 5.32 Å².